The number of aliphatic hydroxyl groups excluding tert-OH is 1. The van der Waals surface area contributed by atoms with Crippen LogP contribution in [0.5, 0.6) is 0 Å². The van der Waals surface area contributed by atoms with Gasteiger partial charge in [0.15, 0.2) is 12.4 Å². The van der Waals surface area contributed by atoms with E-state index >= 15 is 0 Å². The van der Waals surface area contributed by atoms with E-state index in [2.05, 4.69) is 0 Å². The van der Waals surface area contributed by atoms with Crippen LogP contribution >= 0.6 is 0 Å². The lowest BCUT2D eigenvalue weighted by atomic mass is 10.0. The third-order valence-corrected chi connectivity index (χ3v) is 2.01. The van der Waals surface area contributed by atoms with E-state index in [1.165, 1.54) is 7.11 Å². The number of methoxy groups -OCH3 is 1. The van der Waals surface area contributed by atoms with Gasteiger partial charge in [-0.1, -0.05) is 0 Å². The summed E-state index contributed by atoms with van der Waals surface area (Å²) in [6.07, 6.45) is -2.83. The number of hydrogen-bond acceptors (Lipinski definition) is 5. The molecule has 0 amide bonds. The molecule has 0 aromatic rings. The molecule has 1 fully saturated rings. The lowest BCUT2D eigenvalue weighted by molar-refractivity contribution is -0.237. The minimum atomic E-state index is -1.09. The van der Waals surface area contributed by atoms with Crippen LogP contribution in [-0.2, 0) is 14.3 Å². The second kappa shape index (κ2) is 4.01. The Hall–Kier alpha value is -0.690. The largest absolute Gasteiger partial charge is 0.479 e. The summed E-state index contributed by atoms with van der Waals surface area (Å²) in [6, 6.07) is -0.625. The molecule has 1 rings (SSSR count). The maximum atomic E-state index is 10.6. The summed E-state index contributed by atoms with van der Waals surface area (Å²) in [4.78, 5) is 10.6. The third-order valence-electron chi connectivity index (χ3n) is 2.01. The number of aliphatic carboxylic acids is 1. The maximum absolute atomic E-state index is 10.6. The van der Waals surface area contributed by atoms with Crippen LogP contribution in [0.25, 0.3) is 0 Å². The lowest BCUT2D eigenvalue weighted by Gasteiger charge is -2.34. The molecule has 0 unspecified atom stereocenters. The van der Waals surface area contributed by atoms with Crippen LogP contribution in [0.3, 0.4) is 0 Å². The molecule has 6 heteroatoms. The van der Waals surface area contributed by atoms with Gasteiger partial charge in [0.1, 0.15) is 6.10 Å². The molecule has 76 valence electrons. The normalized spacial score (nSPS) is 40.2. The van der Waals surface area contributed by atoms with Crippen molar-refractivity contribution in [2.24, 2.45) is 5.73 Å². The van der Waals surface area contributed by atoms with Crippen molar-refractivity contribution in [2.75, 3.05) is 7.11 Å². The van der Waals surface area contributed by atoms with Crippen LogP contribution in [0, 0.1) is 0 Å². The van der Waals surface area contributed by atoms with E-state index in [0.29, 0.717) is 0 Å². The SMILES string of the molecule is CO[C@@H]1O[C@H](C(=O)O)C[C@H](N)[C@H]1O. The summed E-state index contributed by atoms with van der Waals surface area (Å²) in [5, 5.41) is 18.0. The average molecular weight is 191 g/mol. The quantitative estimate of drug-likeness (QED) is 0.492. The Balaban J connectivity index is 2.63. The van der Waals surface area contributed by atoms with Gasteiger partial charge in [0, 0.05) is 19.6 Å². The zero-order valence-electron chi connectivity index (χ0n) is 7.21. The van der Waals surface area contributed by atoms with E-state index in [1.807, 2.05) is 0 Å². The minimum Gasteiger partial charge on any atom is -0.479 e. The highest BCUT2D eigenvalue weighted by Crippen LogP contribution is 2.19. The van der Waals surface area contributed by atoms with Crippen molar-refractivity contribution in [1.82, 2.24) is 0 Å². The average Bonchev–Trinajstić information content (AvgIpc) is 2.09. The zero-order valence-corrected chi connectivity index (χ0v) is 7.21. The van der Waals surface area contributed by atoms with Crippen LogP contribution in [0.2, 0.25) is 0 Å². The van der Waals surface area contributed by atoms with E-state index < -0.39 is 30.5 Å². The molecule has 6 nitrogen and oxygen atoms in total. The number of ether oxygens (including phenoxy) is 2. The molecule has 0 aliphatic carbocycles. The number of aliphatic hydroxyl groups is 1. The second-order valence-corrected chi connectivity index (χ2v) is 2.96. The smallest absolute Gasteiger partial charge is 0.333 e. The molecule has 0 saturated carbocycles. The number of carbonyl (C=O) groups is 1. The van der Waals surface area contributed by atoms with E-state index in [-0.39, 0.29) is 6.42 Å². The van der Waals surface area contributed by atoms with Crippen molar-refractivity contribution in [3.05, 3.63) is 0 Å². The highest BCUT2D eigenvalue weighted by molar-refractivity contribution is 5.72. The van der Waals surface area contributed by atoms with Gasteiger partial charge in [-0.05, 0) is 0 Å². The first-order valence-corrected chi connectivity index (χ1v) is 3.91. The minimum absolute atomic E-state index is 0.0936. The maximum Gasteiger partial charge on any atom is 0.333 e. The number of carboxylic acid groups (broad SMARTS) is 1. The van der Waals surface area contributed by atoms with Gasteiger partial charge in [0.25, 0.3) is 0 Å². The molecule has 13 heavy (non-hydrogen) atoms. The van der Waals surface area contributed by atoms with Crippen LogP contribution < -0.4 is 5.73 Å². The molecule has 1 saturated heterocycles. The summed E-state index contributed by atoms with van der Waals surface area (Å²) in [5.74, 6) is -1.09. The van der Waals surface area contributed by atoms with Crippen molar-refractivity contribution in [3.63, 3.8) is 0 Å². The fourth-order valence-electron chi connectivity index (χ4n) is 1.24. The van der Waals surface area contributed by atoms with E-state index in [1.54, 1.807) is 0 Å². The molecule has 0 aromatic carbocycles. The number of hydrogen-bond donors (Lipinski definition) is 3. The van der Waals surface area contributed by atoms with Gasteiger partial charge in [-0.15, -0.1) is 0 Å². The molecule has 0 bridgehead atoms. The summed E-state index contributed by atoms with van der Waals surface area (Å²) in [5.41, 5.74) is 5.50. The summed E-state index contributed by atoms with van der Waals surface area (Å²) >= 11 is 0. The first kappa shape index (κ1) is 10.4. The van der Waals surface area contributed by atoms with Crippen molar-refractivity contribution < 1.29 is 24.5 Å². The fraction of sp³-hybridized carbons (Fsp3) is 0.857. The topological polar surface area (TPSA) is 102 Å². The Bertz CT molecular complexity index is 197. The van der Waals surface area contributed by atoms with Crippen LogP contribution in [0.1, 0.15) is 6.42 Å². The van der Waals surface area contributed by atoms with Crippen LogP contribution in [0.15, 0.2) is 0 Å². The highest BCUT2D eigenvalue weighted by Gasteiger charge is 2.38. The van der Waals surface area contributed by atoms with E-state index in [9.17, 15) is 9.90 Å². The molecule has 0 aromatic heterocycles. The molecule has 1 aliphatic heterocycles. The Kier molecular flexibility index (Phi) is 3.21. The molecule has 4 atom stereocenters. The monoisotopic (exact) mass is 191 g/mol. The summed E-state index contributed by atoms with van der Waals surface area (Å²) in [6.45, 7) is 0. The van der Waals surface area contributed by atoms with Gasteiger partial charge in [-0.3, -0.25) is 0 Å². The van der Waals surface area contributed by atoms with Crippen molar-refractivity contribution in [3.8, 4) is 0 Å². The van der Waals surface area contributed by atoms with Gasteiger partial charge in [0.05, 0.1) is 0 Å². The fourth-order valence-corrected chi connectivity index (χ4v) is 1.24. The second-order valence-electron chi connectivity index (χ2n) is 2.96. The highest BCUT2D eigenvalue weighted by atomic mass is 16.7. The molecule has 1 aliphatic rings. The molecular formula is C7H13NO5. The predicted octanol–water partition coefficient (Wildman–Crippen LogP) is -1.48. The first-order chi connectivity index (χ1) is 6.06. The molecule has 0 radical (unpaired) electrons. The predicted molar refractivity (Wildman–Crippen MR) is 41.9 cm³/mol. The molecule has 1 heterocycles. The van der Waals surface area contributed by atoms with Gasteiger partial charge < -0.3 is 25.4 Å². The van der Waals surface area contributed by atoms with Crippen molar-refractivity contribution in [1.29, 1.82) is 0 Å². The standard InChI is InChI=1S/C7H13NO5/c1-12-7-5(9)3(8)2-4(13-7)6(10)11/h3-5,7,9H,2,8H2,1H3,(H,10,11)/t3-,4-,5+,7+/m0/s1. The van der Waals surface area contributed by atoms with Gasteiger partial charge >= 0.3 is 5.97 Å². The molecule has 4 N–H and O–H groups in total. The number of carboxylic acids is 1. The number of rotatable bonds is 2. The van der Waals surface area contributed by atoms with E-state index in [4.69, 9.17) is 20.3 Å². The molecular weight excluding hydrogens is 178 g/mol. The van der Waals surface area contributed by atoms with Gasteiger partial charge in [0.2, 0.25) is 0 Å². The van der Waals surface area contributed by atoms with Crippen LogP contribution in [0.4, 0.5) is 0 Å². The Labute approximate surface area is 75.2 Å². The van der Waals surface area contributed by atoms with Crippen LogP contribution in [-0.4, -0.2) is 47.8 Å². The lowest BCUT2D eigenvalue weighted by Crippen LogP contribution is -2.54. The Morgan fingerprint density at radius 2 is 2.31 bits per heavy atom. The summed E-state index contributed by atoms with van der Waals surface area (Å²) in [7, 11) is 1.32. The van der Waals surface area contributed by atoms with E-state index in [0.717, 1.165) is 0 Å². The first-order valence-electron chi connectivity index (χ1n) is 3.91. The zero-order chi connectivity index (χ0) is 10.0. The Morgan fingerprint density at radius 1 is 1.69 bits per heavy atom. The Morgan fingerprint density at radius 3 is 2.77 bits per heavy atom. The van der Waals surface area contributed by atoms with Crippen molar-refractivity contribution in [2.45, 2.75) is 31.0 Å². The van der Waals surface area contributed by atoms with Gasteiger partial charge in [-0.2, -0.15) is 0 Å². The third kappa shape index (κ3) is 2.16. The summed E-state index contributed by atoms with van der Waals surface area (Å²) < 4.78 is 9.67. The van der Waals surface area contributed by atoms with Gasteiger partial charge in [-0.25, -0.2) is 4.79 Å². The van der Waals surface area contributed by atoms with Crippen molar-refractivity contribution >= 4 is 5.97 Å². The molecule has 0 spiro atoms. The number of nitrogens with two attached hydrogens (primary N) is 1.